The number of amides is 1. The third-order valence-electron chi connectivity index (χ3n) is 5.43. The summed E-state index contributed by atoms with van der Waals surface area (Å²) in [4.78, 5) is 24.8. The summed E-state index contributed by atoms with van der Waals surface area (Å²) >= 11 is 7.54. The van der Waals surface area contributed by atoms with E-state index in [-0.39, 0.29) is 5.91 Å². The molecule has 1 aliphatic heterocycles. The zero-order valence-electron chi connectivity index (χ0n) is 19.5. The fourth-order valence-corrected chi connectivity index (χ4v) is 4.81. The number of carbonyl (C=O) groups is 1. The lowest BCUT2D eigenvalue weighted by Crippen LogP contribution is -2.28. The van der Waals surface area contributed by atoms with Gasteiger partial charge in [-0.05, 0) is 72.8 Å². The molecule has 3 aromatic carbocycles. The summed E-state index contributed by atoms with van der Waals surface area (Å²) in [6.45, 7) is 2.30. The molecule has 0 saturated carbocycles. The molecular weight excluding hydrogens is 490 g/mol. The molecule has 2 heterocycles. The minimum absolute atomic E-state index is 0.128. The number of aromatic nitrogens is 1. The van der Waals surface area contributed by atoms with Crippen molar-refractivity contribution < 1.29 is 9.53 Å². The molecule has 1 saturated heterocycles. The van der Waals surface area contributed by atoms with Crippen molar-refractivity contribution in [1.29, 1.82) is 0 Å². The van der Waals surface area contributed by atoms with Crippen LogP contribution in [0.4, 0.5) is 11.5 Å². The standard InChI is InChI=1S/C29H22ClN3O2S/c1-20-8-7-13-27(31-20)32-29-33(23-10-3-2-4-11-23)28(34)26(36-29)18-21-14-16-24(17-15-21)35-19-22-9-5-6-12-25(22)30/h2-18H,19H2,1H3/b26-18-,32-29+. The molecular formula is C29H22ClN3O2S. The van der Waals surface area contributed by atoms with Gasteiger partial charge in [0.2, 0.25) is 0 Å². The number of aliphatic imine (C=N–C) groups is 1. The van der Waals surface area contributed by atoms with Gasteiger partial charge in [-0.1, -0.05) is 66.2 Å². The molecule has 4 aromatic rings. The number of thioether (sulfide) groups is 1. The number of pyridine rings is 1. The van der Waals surface area contributed by atoms with E-state index >= 15 is 0 Å². The molecule has 1 aliphatic rings. The Balaban J connectivity index is 1.38. The lowest BCUT2D eigenvalue weighted by atomic mass is 10.2. The van der Waals surface area contributed by atoms with Crippen LogP contribution in [0.25, 0.3) is 6.08 Å². The second-order valence-corrected chi connectivity index (χ2v) is 9.48. The molecule has 0 spiro atoms. The first-order chi connectivity index (χ1) is 17.6. The molecule has 0 aliphatic carbocycles. The van der Waals surface area contributed by atoms with E-state index in [4.69, 9.17) is 21.3 Å². The monoisotopic (exact) mass is 511 g/mol. The third kappa shape index (κ3) is 5.51. The van der Waals surface area contributed by atoms with E-state index in [0.29, 0.717) is 27.5 Å². The van der Waals surface area contributed by atoms with Gasteiger partial charge >= 0.3 is 0 Å². The van der Waals surface area contributed by atoms with Crippen LogP contribution in [0, 0.1) is 6.92 Å². The summed E-state index contributed by atoms with van der Waals surface area (Å²) in [6, 6.07) is 30.4. The number of halogens is 1. The van der Waals surface area contributed by atoms with Crippen molar-refractivity contribution in [2.75, 3.05) is 4.90 Å². The maximum Gasteiger partial charge on any atom is 0.271 e. The predicted molar refractivity (Wildman–Crippen MR) is 148 cm³/mol. The number of hydrogen-bond acceptors (Lipinski definition) is 5. The molecule has 0 bridgehead atoms. The molecule has 1 fully saturated rings. The summed E-state index contributed by atoms with van der Waals surface area (Å²) in [6.07, 6.45) is 1.87. The van der Waals surface area contributed by atoms with E-state index in [0.717, 1.165) is 28.3 Å². The van der Waals surface area contributed by atoms with Gasteiger partial charge in [0, 0.05) is 16.3 Å². The van der Waals surface area contributed by atoms with Crippen molar-refractivity contribution in [2.24, 2.45) is 4.99 Å². The van der Waals surface area contributed by atoms with Gasteiger partial charge in [0.05, 0.1) is 10.6 Å². The topological polar surface area (TPSA) is 54.8 Å². The molecule has 36 heavy (non-hydrogen) atoms. The number of rotatable bonds is 6. The number of anilines is 1. The van der Waals surface area contributed by atoms with Gasteiger partial charge in [0.25, 0.3) is 5.91 Å². The molecule has 0 unspecified atom stereocenters. The first kappa shape index (κ1) is 23.9. The number of aryl methyl sites for hydroxylation is 1. The van der Waals surface area contributed by atoms with Crippen molar-refractivity contribution >= 4 is 52.0 Å². The summed E-state index contributed by atoms with van der Waals surface area (Å²) in [5, 5.41) is 1.24. The predicted octanol–water partition coefficient (Wildman–Crippen LogP) is 7.43. The first-order valence-electron chi connectivity index (χ1n) is 11.3. The van der Waals surface area contributed by atoms with Crippen molar-refractivity contribution in [1.82, 2.24) is 4.98 Å². The largest absolute Gasteiger partial charge is 0.489 e. The highest BCUT2D eigenvalue weighted by atomic mass is 35.5. The number of ether oxygens (including phenoxy) is 1. The van der Waals surface area contributed by atoms with E-state index in [1.165, 1.54) is 11.8 Å². The second-order valence-electron chi connectivity index (χ2n) is 8.07. The molecule has 1 amide bonds. The van der Waals surface area contributed by atoms with E-state index < -0.39 is 0 Å². The smallest absolute Gasteiger partial charge is 0.271 e. The molecule has 0 N–H and O–H groups in total. The number of carbonyl (C=O) groups excluding carboxylic acids is 1. The molecule has 5 rings (SSSR count). The Bertz CT molecular complexity index is 1450. The number of para-hydroxylation sites is 1. The van der Waals surface area contributed by atoms with Gasteiger partial charge in [-0.2, -0.15) is 0 Å². The zero-order valence-corrected chi connectivity index (χ0v) is 21.0. The lowest BCUT2D eigenvalue weighted by molar-refractivity contribution is -0.113. The van der Waals surface area contributed by atoms with E-state index in [1.807, 2.05) is 110 Å². The maximum absolute atomic E-state index is 13.4. The van der Waals surface area contributed by atoms with Crippen LogP contribution in [-0.4, -0.2) is 16.1 Å². The Hall–Kier alpha value is -3.87. The van der Waals surface area contributed by atoms with Crippen LogP contribution in [0.5, 0.6) is 5.75 Å². The summed E-state index contributed by atoms with van der Waals surface area (Å²) in [7, 11) is 0. The minimum atomic E-state index is -0.128. The SMILES string of the molecule is Cc1cccc(/N=C2/S/C(=C\c3ccc(OCc4ccccc4Cl)cc3)C(=O)N2c2ccccc2)n1. The normalized spacial score (nSPS) is 15.6. The van der Waals surface area contributed by atoms with Gasteiger partial charge in [0.15, 0.2) is 11.0 Å². The molecule has 5 nitrogen and oxygen atoms in total. The lowest BCUT2D eigenvalue weighted by Gasteiger charge is -2.15. The van der Waals surface area contributed by atoms with Crippen LogP contribution >= 0.6 is 23.4 Å². The molecule has 178 valence electrons. The Kier molecular flexibility index (Phi) is 7.16. The quantitative estimate of drug-likeness (QED) is 0.252. The van der Waals surface area contributed by atoms with E-state index in [9.17, 15) is 4.79 Å². The van der Waals surface area contributed by atoms with Gasteiger partial charge < -0.3 is 4.74 Å². The average Bonchev–Trinajstić information content (AvgIpc) is 3.19. The first-order valence-corrected chi connectivity index (χ1v) is 12.5. The molecule has 1 aromatic heterocycles. The third-order valence-corrected chi connectivity index (χ3v) is 6.77. The molecule has 7 heteroatoms. The van der Waals surface area contributed by atoms with E-state index in [2.05, 4.69) is 4.98 Å². The Labute approximate surface area is 219 Å². The maximum atomic E-state index is 13.4. The Morgan fingerprint density at radius 1 is 0.944 bits per heavy atom. The number of hydrogen-bond donors (Lipinski definition) is 0. The summed E-state index contributed by atoms with van der Waals surface area (Å²) < 4.78 is 5.88. The highest BCUT2D eigenvalue weighted by molar-refractivity contribution is 8.19. The number of nitrogens with zero attached hydrogens (tertiary/aromatic N) is 3. The van der Waals surface area contributed by atoms with Gasteiger partial charge in [-0.15, -0.1) is 0 Å². The van der Waals surface area contributed by atoms with Crippen molar-refractivity contribution in [3.63, 3.8) is 0 Å². The molecule has 0 atom stereocenters. The average molecular weight is 512 g/mol. The molecule has 0 radical (unpaired) electrons. The highest BCUT2D eigenvalue weighted by Gasteiger charge is 2.34. The van der Waals surface area contributed by atoms with Crippen LogP contribution in [0.15, 0.2) is 107 Å². The van der Waals surface area contributed by atoms with Crippen LogP contribution in [-0.2, 0) is 11.4 Å². The van der Waals surface area contributed by atoms with Gasteiger partial charge in [0.1, 0.15) is 12.4 Å². The van der Waals surface area contributed by atoms with Crippen LogP contribution in [0.1, 0.15) is 16.8 Å². The van der Waals surface area contributed by atoms with E-state index in [1.54, 1.807) is 4.90 Å². The van der Waals surface area contributed by atoms with Crippen LogP contribution < -0.4 is 9.64 Å². The summed E-state index contributed by atoms with van der Waals surface area (Å²) in [5.41, 5.74) is 3.44. The fraction of sp³-hybridized carbons (Fsp3) is 0.0690. The Morgan fingerprint density at radius 2 is 1.69 bits per heavy atom. The minimum Gasteiger partial charge on any atom is -0.489 e. The van der Waals surface area contributed by atoms with Crippen molar-refractivity contribution in [3.8, 4) is 5.75 Å². The Morgan fingerprint density at radius 3 is 2.44 bits per heavy atom. The van der Waals surface area contributed by atoms with Crippen molar-refractivity contribution in [3.05, 3.63) is 124 Å². The second kappa shape index (κ2) is 10.8. The van der Waals surface area contributed by atoms with Gasteiger partial charge in [-0.3, -0.25) is 9.69 Å². The zero-order chi connectivity index (χ0) is 24.9. The van der Waals surface area contributed by atoms with Gasteiger partial charge in [-0.25, -0.2) is 9.98 Å². The van der Waals surface area contributed by atoms with Crippen molar-refractivity contribution in [2.45, 2.75) is 13.5 Å². The number of amidine groups is 1. The summed E-state index contributed by atoms with van der Waals surface area (Å²) in [5.74, 6) is 1.16. The fourth-order valence-electron chi connectivity index (χ4n) is 3.63. The number of benzene rings is 3. The highest BCUT2D eigenvalue weighted by Crippen LogP contribution is 2.37. The van der Waals surface area contributed by atoms with Crippen LogP contribution in [0.3, 0.4) is 0 Å². The van der Waals surface area contributed by atoms with Crippen LogP contribution in [0.2, 0.25) is 5.02 Å².